The van der Waals surface area contributed by atoms with Crippen molar-refractivity contribution < 1.29 is 27.4 Å². The van der Waals surface area contributed by atoms with Crippen LogP contribution in [0.1, 0.15) is 13.3 Å². The number of anilines is 1. The predicted octanol–water partition coefficient (Wildman–Crippen LogP) is 2.22. The Bertz CT molecular complexity index is 1120. The van der Waals surface area contributed by atoms with Gasteiger partial charge < -0.3 is 24.0 Å². The molecule has 2 aromatic carbocycles. The summed E-state index contributed by atoms with van der Waals surface area (Å²) >= 11 is 0. The molecule has 2 heterocycles. The number of para-hydroxylation sites is 2. The molecule has 0 bridgehead atoms. The molecular weight excluding hydrogens is 458 g/mol. The number of nitrogens with zero attached hydrogens (tertiary/aromatic N) is 3. The Morgan fingerprint density at radius 1 is 1.03 bits per heavy atom. The monoisotopic (exact) mass is 489 g/mol. The number of carbonyl (C=O) groups is 1. The number of piperazine rings is 1. The molecule has 0 N–H and O–H groups in total. The predicted molar refractivity (Wildman–Crippen MR) is 128 cm³/mol. The minimum absolute atomic E-state index is 0.0735. The zero-order chi connectivity index (χ0) is 24.1. The van der Waals surface area contributed by atoms with Gasteiger partial charge in [-0.25, -0.2) is 8.42 Å². The lowest BCUT2D eigenvalue weighted by Gasteiger charge is -2.37. The van der Waals surface area contributed by atoms with Crippen LogP contribution in [-0.2, 0) is 14.8 Å². The summed E-state index contributed by atoms with van der Waals surface area (Å²) in [6.45, 7) is 5.61. The van der Waals surface area contributed by atoms with Crippen molar-refractivity contribution in [2.24, 2.45) is 0 Å². The van der Waals surface area contributed by atoms with E-state index in [-0.39, 0.29) is 17.3 Å². The van der Waals surface area contributed by atoms with Crippen molar-refractivity contribution in [3.8, 4) is 17.2 Å². The van der Waals surface area contributed by atoms with Crippen LogP contribution in [0.25, 0.3) is 0 Å². The zero-order valence-electron chi connectivity index (χ0n) is 19.6. The van der Waals surface area contributed by atoms with Crippen LogP contribution in [0.15, 0.2) is 47.4 Å². The van der Waals surface area contributed by atoms with E-state index in [9.17, 15) is 13.2 Å². The van der Waals surface area contributed by atoms with Gasteiger partial charge in [0.1, 0.15) is 5.75 Å². The molecule has 0 unspecified atom stereocenters. The van der Waals surface area contributed by atoms with Gasteiger partial charge in [-0.15, -0.1) is 0 Å². The van der Waals surface area contributed by atoms with Gasteiger partial charge in [0.05, 0.1) is 36.9 Å². The molecule has 4 rings (SSSR count). The van der Waals surface area contributed by atoms with Crippen molar-refractivity contribution in [1.29, 1.82) is 0 Å². The molecule has 2 aliphatic heterocycles. The molecule has 9 nitrogen and oxygen atoms in total. The lowest BCUT2D eigenvalue weighted by molar-refractivity contribution is -0.131. The van der Waals surface area contributed by atoms with E-state index in [0.717, 1.165) is 22.2 Å². The summed E-state index contributed by atoms with van der Waals surface area (Å²) in [5.41, 5.74) is 1.01. The van der Waals surface area contributed by atoms with Crippen molar-refractivity contribution in [1.82, 2.24) is 9.21 Å². The third-order valence-electron chi connectivity index (χ3n) is 5.92. The van der Waals surface area contributed by atoms with Crippen LogP contribution in [0.3, 0.4) is 0 Å². The molecule has 1 fully saturated rings. The third-order valence-corrected chi connectivity index (χ3v) is 7.72. The smallest absolute Gasteiger partial charge is 0.243 e. The minimum atomic E-state index is -3.86. The fourth-order valence-corrected chi connectivity index (χ4v) is 5.19. The van der Waals surface area contributed by atoms with Gasteiger partial charge in [-0.3, -0.25) is 4.79 Å². The SMILES string of the molecule is CCOc1ccccc1N1CCN(C(=O)CN(C)S(=O)(=O)c2ccc3c(c2)OCCCO3)CC1. The third kappa shape index (κ3) is 5.23. The van der Waals surface area contributed by atoms with E-state index < -0.39 is 10.0 Å². The average molecular weight is 490 g/mol. The second-order valence-electron chi connectivity index (χ2n) is 8.19. The molecule has 2 aliphatic rings. The van der Waals surface area contributed by atoms with Gasteiger partial charge in [-0.05, 0) is 31.2 Å². The highest BCUT2D eigenvalue weighted by molar-refractivity contribution is 7.89. The van der Waals surface area contributed by atoms with Crippen LogP contribution in [-0.4, -0.2) is 83.1 Å². The second kappa shape index (κ2) is 10.5. The summed E-state index contributed by atoms with van der Waals surface area (Å²) in [4.78, 5) is 16.9. The van der Waals surface area contributed by atoms with E-state index in [1.807, 2.05) is 31.2 Å². The van der Waals surface area contributed by atoms with Crippen LogP contribution < -0.4 is 19.1 Å². The lowest BCUT2D eigenvalue weighted by atomic mass is 10.2. The maximum absolute atomic E-state index is 13.1. The van der Waals surface area contributed by atoms with Gasteiger partial charge >= 0.3 is 0 Å². The van der Waals surface area contributed by atoms with E-state index in [1.54, 1.807) is 11.0 Å². The van der Waals surface area contributed by atoms with Gasteiger partial charge in [0, 0.05) is 45.7 Å². The summed E-state index contributed by atoms with van der Waals surface area (Å²) in [7, 11) is -2.44. The Labute approximate surface area is 200 Å². The first-order valence-corrected chi connectivity index (χ1v) is 12.9. The Hall–Kier alpha value is -2.98. The number of fused-ring (bicyclic) bond motifs is 1. The number of sulfonamides is 1. The van der Waals surface area contributed by atoms with E-state index >= 15 is 0 Å². The molecule has 34 heavy (non-hydrogen) atoms. The van der Waals surface area contributed by atoms with Gasteiger partial charge in [-0.1, -0.05) is 12.1 Å². The van der Waals surface area contributed by atoms with E-state index in [0.29, 0.717) is 57.5 Å². The quantitative estimate of drug-likeness (QED) is 0.589. The highest BCUT2D eigenvalue weighted by Crippen LogP contribution is 2.33. The van der Waals surface area contributed by atoms with Crippen molar-refractivity contribution >= 4 is 21.6 Å². The number of ether oxygens (including phenoxy) is 3. The van der Waals surface area contributed by atoms with Crippen molar-refractivity contribution in [3.63, 3.8) is 0 Å². The zero-order valence-corrected chi connectivity index (χ0v) is 20.4. The minimum Gasteiger partial charge on any atom is -0.492 e. The van der Waals surface area contributed by atoms with Crippen LogP contribution >= 0.6 is 0 Å². The van der Waals surface area contributed by atoms with Gasteiger partial charge in [0.25, 0.3) is 0 Å². The Kier molecular flexibility index (Phi) is 7.47. The van der Waals surface area contributed by atoms with Crippen LogP contribution in [0.4, 0.5) is 5.69 Å². The summed E-state index contributed by atoms with van der Waals surface area (Å²) in [5, 5.41) is 0. The number of likely N-dealkylation sites (N-methyl/N-ethyl adjacent to an activating group) is 1. The molecule has 1 amide bonds. The normalized spacial score (nSPS) is 16.3. The number of benzene rings is 2. The maximum Gasteiger partial charge on any atom is 0.243 e. The topological polar surface area (TPSA) is 88.6 Å². The summed E-state index contributed by atoms with van der Waals surface area (Å²) in [5.74, 6) is 1.53. The first-order chi connectivity index (χ1) is 16.4. The Balaban J connectivity index is 1.37. The highest BCUT2D eigenvalue weighted by Gasteiger charge is 2.29. The number of rotatable bonds is 7. The maximum atomic E-state index is 13.1. The molecule has 0 saturated carbocycles. The number of carbonyl (C=O) groups excluding carboxylic acids is 1. The van der Waals surface area contributed by atoms with Crippen LogP contribution in [0.5, 0.6) is 17.2 Å². The summed E-state index contributed by atoms with van der Waals surface area (Å²) in [6, 6.07) is 12.4. The molecule has 184 valence electrons. The number of amides is 1. The van der Waals surface area contributed by atoms with Crippen molar-refractivity contribution in [2.75, 3.05) is 64.5 Å². The fourth-order valence-electron chi connectivity index (χ4n) is 4.05. The Morgan fingerprint density at radius 3 is 2.47 bits per heavy atom. The molecule has 0 radical (unpaired) electrons. The van der Waals surface area contributed by atoms with Crippen molar-refractivity contribution in [3.05, 3.63) is 42.5 Å². The average Bonchev–Trinajstić information content (AvgIpc) is 3.09. The molecule has 0 atom stereocenters. The summed E-state index contributed by atoms with van der Waals surface area (Å²) in [6.07, 6.45) is 0.732. The second-order valence-corrected chi connectivity index (χ2v) is 10.2. The molecular formula is C24H31N3O6S. The highest BCUT2D eigenvalue weighted by atomic mass is 32.2. The first-order valence-electron chi connectivity index (χ1n) is 11.5. The van der Waals surface area contributed by atoms with Crippen molar-refractivity contribution in [2.45, 2.75) is 18.2 Å². The Morgan fingerprint density at radius 2 is 1.74 bits per heavy atom. The fraction of sp³-hybridized carbons (Fsp3) is 0.458. The van der Waals surface area contributed by atoms with Crippen LogP contribution in [0, 0.1) is 0 Å². The van der Waals surface area contributed by atoms with E-state index in [2.05, 4.69) is 4.90 Å². The van der Waals surface area contributed by atoms with Gasteiger partial charge in [0.2, 0.25) is 15.9 Å². The van der Waals surface area contributed by atoms with Gasteiger partial charge in [-0.2, -0.15) is 4.31 Å². The molecule has 0 aliphatic carbocycles. The largest absolute Gasteiger partial charge is 0.492 e. The van der Waals surface area contributed by atoms with E-state index in [1.165, 1.54) is 19.2 Å². The molecule has 2 aromatic rings. The first kappa shape index (κ1) is 24.2. The number of hydrogen-bond donors (Lipinski definition) is 0. The lowest BCUT2D eigenvalue weighted by Crippen LogP contribution is -2.51. The molecule has 1 saturated heterocycles. The molecule has 0 spiro atoms. The standard InChI is InChI=1S/C24H31N3O6S/c1-3-31-21-8-5-4-7-20(21)26-11-13-27(14-12-26)24(28)18-25(2)34(29,30)19-9-10-22-23(17-19)33-16-6-15-32-22/h4-5,7-10,17H,3,6,11-16,18H2,1-2H3. The van der Waals surface area contributed by atoms with E-state index in [4.69, 9.17) is 14.2 Å². The van der Waals surface area contributed by atoms with Gasteiger partial charge in [0.15, 0.2) is 11.5 Å². The number of hydrogen-bond acceptors (Lipinski definition) is 7. The molecule has 10 heteroatoms. The van der Waals surface area contributed by atoms with Crippen LogP contribution in [0.2, 0.25) is 0 Å². The molecule has 0 aromatic heterocycles. The summed E-state index contributed by atoms with van der Waals surface area (Å²) < 4.78 is 44.2.